The van der Waals surface area contributed by atoms with Gasteiger partial charge in [-0.1, -0.05) is 42.5 Å². The third-order valence-electron chi connectivity index (χ3n) is 6.97. The Morgan fingerprint density at radius 3 is 2.84 bits per heavy atom. The number of carbonyl (C=O) groups is 2. The molecule has 0 radical (unpaired) electrons. The molecule has 1 aromatic heterocycles. The Morgan fingerprint density at radius 2 is 2.06 bits per heavy atom. The molecular weight excluding hydrogens is 407 g/mol. The van der Waals surface area contributed by atoms with Crippen LogP contribution in [-0.2, 0) is 22.7 Å². The molecule has 168 valence electrons. The summed E-state index contributed by atoms with van der Waals surface area (Å²) in [7, 11) is 0. The second-order valence-electron chi connectivity index (χ2n) is 9.05. The highest BCUT2D eigenvalue weighted by molar-refractivity contribution is 5.99. The molecule has 1 aromatic carbocycles. The van der Waals surface area contributed by atoms with Gasteiger partial charge in [-0.25, -0.2) is 9.07 Å². The van der Waals surface area contributed by atoms with Crippen molar-refractivity contribution in [2.45, 2.75) is 52.6 Å². The number of rotatable bonds is 6. The van der Waals surface area contributed by atoms with Gasteiger partial charge in [-0.05, 0) is 55.6 Å². The van der Waals surface area contributed by atoms with E-state index in [2.05, 4.69) is 29.1 Å². The van der Waals surface area contributed by atoms with Crippen LogP contribution < -0.4 is 5.32 Å². The van der Waals surface area contributed by atoms with Gasteiger partial charge in [0.25, 0.3) is 0 Å². The van der Waals surface area contributed by atoms with E-state index in [1.807, 2.05) is 6.92 Å². The maximum atomic E-state index is 13.8. The molecule has 4 rings (SSSR count). The van der Waals surface area contributed by atoms with E-state index in [0.29, 0.717) is 35.1 Å². The standard InChI is InChI=1S/C25H29FN4O2/c1-15-8-9-18(10-22-17(3)24(31)11-21(15)22)16(2)25(32)27-12-20-14-30(29-28-20)13-19-6-4-5-7-23(19)26/h4-7,14-15,18,21H,2,8-13H2,1,3H3,(H,27,32)/t15-,18+,21-/m0/s1. The lowest BCUT2D eigenvalue weighted by atomic mass is 9.86. The Labute approximate surface area is 187 Å². The molecular formula is C25H29FN4O2. The van der Waals surface area contributed by atoms with Crippen molar-refractivity contribution in [1.29, 1.82) is 0 Å². The number of aromatic nitrogens is 3. The molecule has 2 aliphatic carbocycles. The number of amides is 1. The number of hydrogen-bond acceptors (Lipinski definition) is 4. The lowest BCUT2D eigenvalue weighted by Gasteiger charge is -2.19. The summed E-state index contributed by atoms with van der Waals surface area (Å²) in [5, 5.41) is 11.0. The monoisotopic (exact) mass is 436 g/mol. The van der Waals surface area contributed by atoms with Crippen LogP contribution in [0.25, 0.3) is 0 Å². The van der Waals surface area contributed by atoms with E-state index >= 15 is 0 Å². The second-order valence-corrected chi connectivity index (χ2v) is 9.05. The number of hydrogen-bond donors (Lipinski definition) is 1. The van der Waals surface area contributed by atoms with E-state index in [9.17, 15) is 14.0 Å². The average Bonchev–Trinajstić information content (AvgIpc) is 3.29. The summed E-state index contributed by atoms with van der Waals surface area (Å²) in [6.45, 7) is 8.70. The number of carbonyl (C=O) groups excluding carboxylic acids is 2. The summed E-state index contributed by atoms with van der Waals surface area (Å²) in [4.78, 5) is 25.0. The molecule has 2 aliphatic rings. The maximum absolute atomic E-state index is 13.8. The van der Waals surface area contributed by atoms with Crippen molar-refractivity contribution >= 4 is 11.7 Å². The van der Waals surface area contributed by atoms with Gasteiger partial charge in [0.05, 0.1) is 19.3 Å². The van der Waals surface area contributed by atoms with E-state index in [0.717, 1.165) is 24.8 Å². The number of ketones is 1. The van der Waals surface area contributed by atoms with Gasteiger partial charge in [0, 0.05) is 17.6 Å². The summed E-state index contributed by atoms with van der Waals surface area (Å²) in [6, 6.07) is 6.53. The Bertz CT molecular complexity index is 1090. The molecule has 7 heteroatoms. The quantitative estimate of drug-likeness (QED) is 0.695. The lowest BCUT2D eigenvalue weighted by molar-refractivity contribution is -0.118. The predicted octanol–water partition coefficient (Wildman–Crippen LogP) is 3.98. The van der Waals surface area contributed by atoms with E-state index in [4.69, 9.17) is 0 Å². The normalized spacial score (nSPS) is 23.1. The SMILES string of the molecule is C=C(C(=O)NCc1cn(Cc2ccccc2F)nn1)[C@@H]1CC[C@H](C)[C@@H]2CC(=O)C(C)=C2C1. The highest BCUT2D eigenvalue weighted by Gasteiger charge is 2.37. The zero-order chi connectivity index (χ0) is 22.8. The van der Waals surface area contributed by atoms with Crippen molar-refractivity contribution in [3.8, 4) is 0 Å². The summed E-state index contributed by atoms with van der Waals surface area (Å²) in [5.41, 5.74) is 3.77. The van der Waals surface area contributed by atoms with Gasteiger partial charge in [-0.2, -0.15) is 0 Å². The maximum Gasteiger partial charge on any atom is 0.247 e. The van der Waals surface area contributed by atoms with Crippen molar-refractivity contribution < 1.29 is 14.0 Å². The van der Waals surface area contributed by atoms with Gasteiger partial charge >= 0.3 is 0 Å². The van der Waals surface area contributed by atoms with Crippen LogP contribution in [0.4, 0.5) is 4.39 Å². The third-order valence-corrected chi connectivity index (χ3v) is 6.97. The Kier molecular flexibility index (Phi) is 6.35. The van der Waals surface area contributed by atoms with Crippen LogP contribution in [0, 0.1) is 23.6 Å². The van der Waals surface area contributed by atoms with Crippen molar-refractivity contribution in [3.63, 3.8) is 0 Å². The van der Waals surface area contributed by atoms with Crippen LogP contribution >= 0.6 is 0 Å². The third kappa shape index (κ3) is 4.56. The number of fused-ring (bicyclic) bond motifs is 1. The Hall–Kier alpha value is -3.09. The van der Waals surface area contributed by atoms with Gasteiger partial charge in [0.15, 0.2) is 5.78 Å². The first kappa shape index (κ1) is 22.1. The minimum Gasteiger partial charge on any atom is -0.347 e. The highest BCUT2D eigenvalue weighted by Crippen LogP contribution is 2.45. The first-order chi connectivity index (χ1) is 15.3. The van der Waals surface area contributed by atoms with Crippen LogP contribution in [0.3, 0.4) is 0 Å². The molecule has 0 aliphatic heterocycles. The molecule has 0 bridgehead atoms. The summed E-state index contributed by atoms with van der Waals surface area (Å²) in [6.07, 6.45) is 4.92. The van der Waals surface area contributed by atoms with Crippen molar-refractivity contribution in [2.24, 2.45) is 17.8 Å². The second kappa shape index (κ2) is 9.18. The van der Waals surface area contributed by atoms with Crippen LogP contribution in [-0.4, -0.2) is 26.7 Å². The number of nitrogens with one attached hydrogen (secondary N) is 1. The minimum atomic E-state index is -0.288. The summed E-state index contributed by atoms with van der Waals surface area (Å²) in [5.74, 6) is 0.543. The zero-order valence-corrected chi connectivity index (χ0v) is 18.6. The average molecular weight is 437 g/mol. The largest absolute Gasteiger partial charge is 0.347 e. The zero-order valence-electron chi connectivity index (χ0n) is 18.6. The molecule has 1 heterocycles. The van der Waals surface area contributed by atoms with Crippen LogP contribution in [0.1, 0.15) is 50.8 Å². The molecule has 6 nitrogen and oxygen atoms in total. The molecule has 1 fully saturated rings. The van der Waals surface area contributed by atoms with Gasteiger partial charge in [-0.15, -0.1) is 5.10 Å². The van der Waals surface area contributed by atoms with Crippen LogP contribution in [0.15, 0.2) is 53.8 Å². The highest BCUT2D eigenvalue weighted by atomic mass is 19.1. The predicted molar refractivity (Wildman–Crippen MR) is 119 cm³/mol. The first-order valence-electron chi connectivity index (χ1n) is 11.2. The van der Waals surface area contributed by atoms with Crippen LogP contribution in [0.5, 0.6) is 0 Å². The molecule has 0 saturated heterocycles. The van der Waals surface area contributed by atoms with Gasteiger partial charge < -0.3 is 5.32 Å². The van der Waals surface area contributed by atoms with E-state index in [-0.39, 0.29) is 36.5 Å². The smallest absolute Gasteiger partial charge is 0.247 e. The van der Waals surface area contributed by atoms with Gasteiger partial charge in [-0.3, -0.25) is 9.59 Å². The van der Waals surface area contributed by atoms with Crippen molar-refractivity contribution in [1.82, 2.24) is 20.3 Å². The number of nitrogens with zero attached hydrogens (tertiary/aromatic N) is 3. The Balaban J connectivity index is 1.35. The molecule has 1 N–H and O–H groups in total. The van der Waals surface area contributed by atoms with E-state index in [1.165, 1.54) is 11.6 Å². The summed E-state index contributed by atoms with van der Waals surface area (Å²) < 4.78 is 15.4. The van der Waals surface area contributed by atoms with E-state index in [1.54, 1.807) is 29.1 Å². The molecule has 0 spiro atoms. The fraction of sp³-hybridized carbons (Fsp3) is 0.440. The first-order valence-corrected chi connectivity index (χ1v) is 11.2. The minimum absolute atomic E-state index is 0.0371. The molecule has 0 unspecified atom stereocenters. The van der Waals surface area contributed by atoms with E-state index < -0.39 is 0 Å². The lowest BCUT2D eigenvalue weighted by Crippen LogP contribution is -2.27. The summed E-state index contributed by atoms with van der Waals surface area (Å²) >= 11 is 0. The number of benzene rings is 1. The molecule has 32 heavy (non-hydrogen) atoms. The number of halogens is 1. The number of Topliss-reactive ketones (excluding diaryl/α,β-unsaturated/α-hetero) is 1. The molecule has 1 amide bonds. The van der Waals surface area contributed by atoms with Crippen molar-refractivity contribution in [2.75, 3.05) is 0 Å². The fourth-order valence-corrected chi connectivity index (χ4v) is 4.88. The van der Waals surface area contributed by atoms with Gasteiger partial charge in [0.2, 0.25) is 5.91 Å². The van der Waals surface area contributed by atoms with Crippen LogP contribution in [0.2, 0.25) is 0 Å². The topological polar surface area (TPSA) is 76.9 Å². The van der Waals surface area contributed by atoms with Crippen molar-refractivity contribution in [3.05, 3.63) is 70.8 Å². The number of allylic oxidation sites excluding steroid dienone is 2. The Morgan fingerprint density at radius 1 is 1.28 bits per heavy atom. The fourth-order valence-electron chi connectivity index (χ4n) is 4.88. The molecule has 3 atom stereocenters. The molecule has 1 saturated carbocycles. The molecule has 2 aromatic rings. The van der Waals surface area contributed by atoms with Gasteiger partial charge in [0.1, 0.15) is 11.5 Å².